The Kier molecular flexibility index (Phi) is 3.53. The standard InChI is InChI=1S/C13H23NO2/c1-9(2)11-7-14(8-11)12-5-3-10(4-6-12)13(15)16/h9-12H,3-8H2,1-2H3,(H,15,16). The molecule has 92 valence electrons. The van der Waals surface area contributed by atoms with E-state index in [9.17, 15) is 4.79 Å². The Bertz CT molecular complexity index is 251. The molecule has 2 fully saturated rings. The number of carboxylic acid groups (broad SMARTS) is 1. The van der Waals surface area contributed by atoms with E-state index < -0.39 is 5.97 Å². The highest BCUT2D eigenvalue weighted by Gasteiger charge is 2.36. The zero-order valence-electron chi connectivity index (χ0n) is 10.4. The van der Waals surface area contributed by atoms with E-state index >= 15 is 0 Å². The number of rotatable bonds is 3. The first-order valence-corrected chi connectivity index (χ1v) is 6.54. The van der Waals surface area contributed by atoms with Crippen molar-refractivity contribution in [3.05, 3.63) is 0 Å². The van der Waals surface area contributed by atoms with Crippen LogP contribution in [-0.2, 0) is 4.79 Å². The predicted octanol–water partition coefficient (Wildman–Crippen LogP) is 2.22. The largest absolute Gasteiger partial charge is 0.481 e. The van der Waals surface area contributed by atoms with Crippen LogP contribution in [0.4, 0.5) is 0 Å². The molecule has 0 atom stereocenters. The molecule has 3 nitrogen and oxygen atoms in total. The van der Waals surface area contributed by atoms with E-state index in [1.54, 1.807) is 0 Å². The number of hydrogen-bond acceptors (Lipinski definition) is 2. The maximum absolute atomic E-state index is 10.8. The summed E-state index contributed by atoms with van der Waals surface area (Å²) in [5, 5.41) is 8.94. The summed E-state index contributed by atoms with van der Waals surface area (Å²) >= 11 is 0. The van der Waals surface area contributed by atoms with Crippen molar-refractivity contribution in [3.8, 4) is 0 Å². The average Bonchev–Trinajstić information content (AvgIpc) is 2.15. The van der Waals surface area contributed by atoms with E-state index in [4.69, 9.17) is 5.11 Å². The third-order valence-corrected chi connectivity index (χ3v) is 4.44. The van der Waals surface area contributed by atoms with Crippen molar-refractivity contribution >= 4 is 5.97 Å². The topological polar surface area (TPSA) is 40.5 Å². The second-order valence-electron chi connectivity index (χ2n) is 5.80. The highest BCUT2D eigenvalue weighted by Crippen LogP contribution is 2.33. The zero-order chi connectivity index (χ0) is 11.7. The van der Waals surface area contributed by atoms with E-state index in [0.29, 0.717) is 6.04 Å². The van der Waals surface area contributed by atoms with Crippen LogP contribution in [-0.4, -0.2) is 35.1 Å². The molecule has 16 heavy (non-hydrogen) atoms. The van der Waals surface area contributed by atoms with Crippen molar-refractivity contribution in [2.75, 3.05) is 13.1 Å². The minimum Gasteiger partial charge on any atom is -0.481 e. The van der Waals surface area contributed by atoms with Gasteiger partial charge in [0, 0.05) is 19.1 Å². The van der Waals surface area contributed by atoms with Crippen molar-refractivity contribution in [2.24, 2.45) is 17.8 Å². The van der Waals surface area contributed by atoms with Gasteiger partial charge >= 0.3 is 5.97 Å². The number of hydrogen-bond donors (Lipinski definition) is 1. The van der Waals surface area contributed by atoms with Crippen LogP contribution < -0.4 is 0 Å². The summed E-state index contributed by atoms with van der Waals surface area (Å²) in [5.41, 5.74) is 0. The zero-order valence-corrected chi connectivity index (χ0v) is 10.4. The number of nitrogens with zero attached hydrogens (tertiary/aromatic N) is 1. The lowest BCUT2D eigenvalue weighted by Gasteiger charge is -2.48. The van der Waals surface area contributed by atoms with Crippen LogP contribution in [0.15, 0.2) is 0 Å². The molecule has 0 aromatic carbocycles. The van der Waals surface area contributed by atoms with Gasteiger partial charge in [0.1, 0.15) is 0 Å². The lowest BCUT2D eigenvalue weighted by Crippen LogP contribution is -2.54. The van der Waals surface area contributed by atoms with Crippen molar-refractivity contribution in [2.45, 2.75) is 45.6 Å². The van der Waals surface area contributed by atoms with Gasteiger partial charge in [-0.25, -0.2) is 0 Å². The normalized spacial score (nSPS) is 32.7. The maximum atomic E-state index is 10.8. The Morgan fingerprint density at radius 1 is 1.19 bits per heavy atom. The third kappa shape index (κ3) is 2.40. The number of aliphatic carboxylic acids is 1. The van der Waals surface area contributed by atoms with Gasteiger partial charge in [-0.15, -0.1) is 0 Å². The van der Waals surface area contributed by atoms with Crippen LogP contribution in [0.5, 0.6) is 0 Å². The van der Waals surface area contributed by atoms with Crippen molar-refractivity contribution in [1.29, 1.82) is 0 Å². The quantitative estimate of drug-likeness (QED) is 0.800. The van der Waals surface area contributed by atoms with E-state index in [2.05, 4.69) is 18.7 Å². The van der Waals surface area contributed by atoms with Gasteiger partial charge < -0.3 is 5.11 Å². The lowest BCUT2D eigenvalue weighted by atomic mass is 9.81. The molecular formula is C13H23NO2. The van der Waals surface area contributed by atoms with Crippen LogP contribution in [0.3, 0.4) is 0 Å². The van der Waals surface area contributed by atoms with Gasteiger partial charge in [-0.2, -0.15) is 0 Å². The van der Waals surface area contributed by atoms with Gasteiger partial charge in [0.15, 0.2) is 0 Å². The molecule has 1 aliphatic heterocycles. The monoisotopic (exact) mass is 225 g/mol. The Morgan fingerprint density at radius 2 is 1.75 bits per heavy atom. The van der Waals surface area contributed by atoms with Crippen LogP contribution in [0.2, 0.25) is 0 Å². The van der Waals surface area contributed by atoms with Crippen LogP contribution in [0.1, 0.15) is 39.5 Å². The third-order valence-electron chi connectivity index (χ3n) is 4.44. The first-order valence-electron chi connectivity index (χ1n) is 6.54. The molecule has 1 saturated heterocycles. The molecule has 0 bridgehead atoms. The fourth-order valence-electron chi connectivity index (χ4n) is 2.96. The van der Waals surface area contributed by atoms with E-state index in [-0.39, 0.29) is 5.92 Å². The minimum absolute atomic E-state index is 0.0709. The Labute approximate surface area is 97.8 Å². The van der Waals surface area contributed by atoms with Crippen molar-refractivity contribution in [1.82, 2.24) is 4.90 Å². The van der Waals surface area contributed by atoms with Gasteiger partial charge in [0.2, 0.25) is 0 Å². The summed E-state index contributed by atoms with van der Waals surface area (Å²) in [6.45, 7) is 7.06. The first kappa shape index (κ1) is 11.9. The molecule has 1 saturated carbocycles. The molecule has 2 aliphatic rings. The summed E-state index contributed by atoms with van der Waals surface area (Å²) in [6.07, 6.45) is 3.93. The molecular weight excluding hydrogens is 202 g/mol. The number of likely N-dealkylation sites (tertiary alicyclic amines) is 1. The summed E-state index contributed by atoms with van der Waals surface area (Å²) in [4.78, 5) is 13.4. The van der Waals surface area contributed by atoms with Gasteiger partial charge in [-0.1, -0.05) is 13.8 Å². The predicted molar refractivity (Wildman–Crippen MR) is 63.3 cm³/mol. The molecule has 0 aromatic rings. The molecule has 2 rings (SSSR count). The fraction of sp³-hybridized carbons (Fsp3) is 0.923. The number of carboxylic acids is 1. The molecule has 0 aromatic heterocycles. The number of carbonyl (C=O) groups is 1. The summed E-state index contributed by atoms with van der Waals surface area (Å²) in [5.74, 6) is 1.00. The average molecular weight is 225 g/mol. The lowest BCUT2D eigenvalue weighted by molar-refractivity contribution is -0.143. The first-order chi connectivity index (χ1) is 7.58. The maximum Gasteiger partial charge on any atom is 0.306 e. The molecule has 1 aliphatic carbocycles. The summed E-state index contributed by atoms with van der Waals surface area (Å²) < 4.78 is 0. The molecule has 1 N–H and O–H groups in total. The van der Waals surface area contributed by atoms with E-state index in [0.717, 1.165) is 37.5 Å². The Morgan fingerprint density at radius 3 is 2.19 bits per heavy atom. The Hall–Kier alpha value is -0.570. The summed E-state index contributed by atoms with van der Waals surface area (Å²) in [7, 11) is 0. The van der Waals surface area contributed by atoms with Crippen molar-refractivity contribution < 1.29 is 9.90 Å². The Balaban J connectivity index is 1.73. The highest BCUT2D eigenvalue weighted by molar-refractivity contribution is 5.70. The van der Waals surface area contributed by atoms with Crippen LogP contribution in [0, 0.1) is 17.8 Å². The van der Waals surface area contributed by atoms with Gasteiger partial charge in [-0.05, 0) is 37.5 Å². The highest BCUT2D eigenvalue weighted by atomic mass is 16.4. The molecule has 1 heterocycles. The van der Waals surface area contributed by atoms with Crippen LogP contribution in [0.25, 0.3) is 0 Å². The SMILES string of the molecule is CC(C)C1CN(C2CCC(C(=O)O)CC2)C1. The summed E-state index contributed by atoms with van der Waals surface area (Å²) in [6, 6.07) is 0.672. The van der Waals surface area contributed by atoms with E-state index in [1.807, 2.05) is 0 Å². The van der Waals surface area contributed by atoms with E-state index in [1.165, 1.54) is 13.1 Å². The molecule has 0 spiro atoms. The van der Waals surface area contributed by atoms with Crippen LogP contribution >= 0.6 is 0 Å². The van der Waals surface area contributed by atoms with Crippen molar-refractivity contribution in [3.63, 3.8) is 0 Å². The van der Waals surface area contributed by atoms with Gasteiger partial charge in [0.25, 0.3) is 0 Å². The molecule has 0 unspecified atom stereocenters. The van der Waals surface area contributed by atoms with Gasteiger partial charge in [-0.3, -0.25) is 9.69 Å². The molecule has 0 radical (unpaired) electrons. The van der Waals surface area contributed by atoms with Gasteiger partial charge in [0.05, 0.1) is 5.92 Å². The smallest absolute Gasteiger partial charge is 0.306 e. The fourth-order valence-corrected chi connectivity index (χ4v) is 2.96. The second kappa shape index (κ2) is 4.74. The minimum atomic E-state index is -0.595. The second-order valence-corrected chi connectivity index (χ2v) is 5.80. The molecule has 0 amide bonds. The molecule has 3 heteroatoms.